The number of halogens is 1. The van der Waals surface area contributed by atoms with Crippen molar-refractivity contribution in [3.05, 3.63) is 35.4 Å². The molecule has 4 atom stereocenters. The van der Waals surface area contributed by atoms with Gasteiger partial charge in [-0.15, -0.1) is 0 Å². The highest BCUT2D eigenvalue weighted by molar-refractivity contribution is 7.91. The maximum atomic E-state index is 14.1. The Kier molecular flexibility index (Phi) is 4.63. The number of nitrogens with zero attached hydrogens (tertiary/aromatic N) is 5. The van der Waals surface area contributed by atoms with Crippen LogP contribution < -0.4 is 9.80 Å². The van der Waals surface area contributed by atoms with Crippen molar-refractivity contribution in [1.29, 1.82) is 0 Å². The highest BCUT2D eigenvalue weighted by Gasteiger charge is 2.55. The van der Waals surface area contributed by atoms with Crippen LogP contribution in [0.25, 0.3) is 11.0 Å². The largest absolute Gasteiger partial charge is 0.611 e. The van der Waals surface area contributed by atoms with E-state index in [1.165, 1.54) is 12.1 Å². The average molecular weight is 484 g/mol. The van der Waals surface area contributed by atoms with Gasteiger partial charge in [-0.25, -0.2) is 9.37 Å². The summed E-state index contributed by atoms with van der Waals surface area (Å²) < 4.78 is 38.3. The van der Waals surface area contributed by atoms with Crippen LogP contribution in [0.4, 0.5) is 16.2 Å². The highest BCUT2D eigenvalue weighted by atomic mass is 32.2. The number of ether oxygens (including phenoxy) is 1. The van der Waals surface area contributed by atoms with Crippen LogP contribution in [0.2, 0.25) is 0 Å². The van der Waals surface area contributed by atoms with Crippen molar-refractivity contribution in [2.75, 3.05) is 35.3 Å². The first-order chi connectivity index (χ1) is 16.6. The molecular weight excluding hydrogens is 457 g/mol. The summed E-state index contributed by atoms with van der Waals surface area (Å²) in [6.07, 6.45) is 4.27. The fourth-order valence-corrected chi connectivity index (χ4v) is 7.46. The number of fused-ring (bicyclic) bond motifs is 3. The number of benzene rings is 1. The Morgan fingerprint density at radius 3 is 2.97 bits per heavy atom. The molecule has 0 amide bonds. The van der Waals surface area contributed by atoms with Gasteiger partial charge in [0.05, 0.1) is 29.6 Å². The van der Waals surface area contributed by atoms with Gasteiger partial charge in [0.1, 0.15) is 23.0 Å². The van der Waals surface area contributed by atoms with Crippen LogP contribution in [0.3, 0.4) is 0 Å². The molecule has 8 nitrogen and oxygen atoms in total. The third-order valence-electron chi connectivity index (χ3n) is 7.86. The molecule has 4 aliphatic heterocycles. The number of hydrogen-bond acceptors (Lipinski definition) is 8. The molecule has 0 radical (unpaired) electrons. The van der Waals surface area contributed by atoms with E-state index in [2.05, 4.69) is 21.9 Å². The molecule has 3 aromatic rings. The number of hydrogen-bond donors (Lipinski definition) is 0. The first-order valence-electron chi connectivity index (χ1n) is 12.1. The number of aryl methyl sites for hydroxylation is 1. The molecule has 2 aromatic heterocycles. The van der Waals surface area contributed by atoms with E-state index in [-0.39, 0.29) is 5.82 Å². The molecule has 34 heavy (non-hydrogen) atoms. The van der Waals surface area contributed by atoms with E-state index in [1.54, 1.807) is 6.07 Å². The molecule has 3 saturated heterocycles. The van der Waals surface area contributed by atoms with Crippen molar-refractivity contribution in [3.63, 3.8) is 0 Å². The van der Waals surface area contributed by atoms with Gasteiger partial charge in [0, 0.05) is 19.6 Å². The van der Waals surface area contributed by atoms with Crippen LogP contribution in [-0.2, 0) is 27.9 Å². The molecule has 0 N–H and O–H groups in total. The van der Waals surface area contributed by atoms with Gasteiger partial charge in [0.15, 0.2) is 11.4 Å². The molecule has 3 fully saturated rings. The standard InChI is InChI=1S/C24H26FN5O3S/c1-2-7-24(21-15-12-14(25)3-4-19(15)33-28-21)8-9-29(24)23-26-16-6-11-34(31)20(16)22(27-23)30-17-5-10-32-13-18(17)30/h3-4,12,17-18H,2,5-11,13H2,1H3. The third kappa shape index (κ3) is 2.88. The summed E-state index contributed by atoms with van der Waals surface area (Å²) >= 11 is -1.08. The molecule has 10 heteroatoms. The van der Waals surface area contributed by atoms with Crippen molar-refractivity contribution in [3.8, 4) is 0 Å². The normalized spacial score (nSPS) is 29.8. The molecule has 4 unspecified atom stereocenters. The maximum Gasteiger partial charge on any atom is 0.228 e. The van der Waals surface area contributed by atoms with E-state index < -0.39 is 16.7 Å². The Hall–Kier alpha value is -2.43. The van der Waals surface area contributed by atoms with Gasteiger partial charge in [0.2, 0.25) is 10.8 Å². The zero-order valence-electron chi connectivity index (χ0n) is 19.0. The van der Waals surface area contributed by atoms with Crippen LogP contribution in [0.1, 0.15) is 44.0 Å². The van der Waals surface area contributed by atoms with E-state index in [0.29, 0.717) is 47.8 Å². The van der Waals surface area contributed by atoms with Gasteiger partial charge in [-0.1, -0.05) is 18.5 Å². The lowest BCUT2D eigenvalue weighted by Crippen LogP contribution is -2.58. The van der Waals surface area contributed by atoms with E-state index >= 15 is 0 Å². The molecule has 0 aliphatic carbocycles. The Morgan fingerprint density at radius 2 is 2.21 bits per heavy atom. The molecular formula is C24H26FN5O3S. The summed E-state index contributed by atoms with van der Waals surface area (Å²) in [6, 6.07) is 5.24. The molecule has 178 valence electrons. The molecule has 1 aromatic carbocycles. The number of anilines is 2. The molecule has 0 spiro atoms. The summed E-state index contributed by atoms with van der Waals surface area (Å²) in [5, 5.41) is 5.13. The maximum absolute atomic E-state index is 14.1. The van der Waals surface area contributed by atoms with Gasteiger partial charge in [-0.2, -0.15) is 4.98 Å². The topological polar surface area (TPSA) is 90.4 Å². The minimum atomic E-state index is -1.08. The highest BCUT2D eigenvalue weighted by Crippen LogP contribution is 2.50. The molecule has 6 heterocycles. The average Bonchev–Trinajstić information content (AvgIpc) is 3.22. The van der Waals surface area contributed by atoms with Crippen molar-refractivity contribution in [1.82, 2.24) is 15.1 Å². The van der Waals surface area contributed by atoms with Crippen molar-refractivity contribution in [2.45, 2.75) is 61.5 Å². The Balaban J connectivity index is 1.34. The summed E-state index contributed by atoms with van der Waals surface area (Å²) in [5.41, 5.74) is 1.76. The minimum Gasteiger partial charge on any atom is -0.611 e. The molecule has 7 rings (SSSR count). The van der Waals surface area contributed by atoms with Crippen LogP contribution in [-0.4, -0.2) is 57.3 Å². The van der Waals surface area contributed by atoms with E-state index in [1.807, 2.05) is 0 Å². The van der Waals surface area contributed by atoms with Gasteiger partial charge >= 0.3 is 0 Å². The third-order valence-corrected chi connectivity index (χ3v) is 9.31. The van der Waals surface area contributed by atoms with Crippen molar-refractivity contribution >= 4 is 33.9 Å². The fourth-order valence-electron chi connectivity index (χ4n) is 6.11. The van der Waals surface area contributed by atoms with Gasteiger partial charge in [-0.05, 0) is 48.6 Å². The number of aromatic nitrogens is 3. The second-order valence-corrected chi connectivity index (χ2v) is 11.2. The summed E-state index contributed by atoms with van der Waals surface area (Å²) in [7, 11) is 0. The zero-order valence-corrected chi connectivity index (χ0v) is 19.8. The van der Waals surface area contributed by atoms with E-state index in [4.69, 9.17) is 19.2 Å². The first kappa shape index (κ1) is 20.9. The first-order valence-corrected chi connectivity index (χ1v) is 13.4. The van der Waals surface area contributed by atoms with Crippen LogP contribution in [0.15, 0.2) is 27.6 Å². The lowest BCUT2D eigenvalue weighted by Gasteiger charge is -2.52. The second-order valence-electron chi connectivity index (χ2n) is 9.68. The zero-order chi connectivity index (χ0) is 23.0. The molecule has 0 saturated carbocycles. The summed E-state index contributed by atoms with van der Waals surface area (Å²) in [5.74, 6) is 1.74. The predicted molar refractivity (Wildman–Crippen MR) is 125 cm³/mol. The predicted octanol–water partition coefficient (Wildman–Crippen LogP) is 3.30. The van der Waals surface area contributed by atoms with Crippen LogP contribution in [0.5, 0.6) is 0 Å². The lowest BCUT2D eigenvalue weighted by atomic mass is 9.77. The van der Waals surface area contributed by atoms with Crippen LogP contribution >= 0.6 is 0 Å². The quantitative estimate of drug-likeness (QED) is 0.403. The fraction of sp³-hybridized carbons (Fsp3) is 0.542. The number of rotatable bonds is 5. The summed E-state index contributed by atoms with van der Waals surface area (Å²) in [4.78, 5) is 15.3. The SMILES string of the molecule is CCCC1(c2noc3ccc(F)cc23)CCN1c1nc2c(c(N3C4CCOCC43)n1)[S+]([O-])CC2. The smallest absolute Gasteiger partial charge is 0.228 e. The summed E-state index contributed by atoms with van der Waals surface area (Å²) in [6.45, 7) is 4.36. The molecule has 0 bridgehead atoms. The van der Waals surface area contributed by atoms with Crippen LogP contribution in [0, 0.1) is 5.82 Å². The van der Waals surface area contributed by atoms with Crippen molar-refractivity contribution < 1.29 is 18.2 Å². The second kappa shape index (κ2) is 7.53. The van der Waals surface area contributed by atoms with Crippen molar-refractivity contribution in [2.24, 2.45) is 0 Å². The lowest BCUT2D eigenvalue weighted by molar-refractivity contribution is 0.114. The van der Waals surface area contributed by atoms with E-state index in [0.717, 1.165) is 60.9 Å². The Labute approximate surface area is 199 Å². The Bertz CT molecular complexity index is 1270. The van der Waals surface area contributed by atoms with Gasteiger partial charge in [-0.3, -0.25) is 0 Å². The Morgan fingerprint density at radius 1 is 1.29 bits per heavy atom. The monoisotopic (exact) mass is 483 g/mol. The van der Waals surface area contributed by atoms with Gasteiger partial charge in [0.25, 0.3) is 0 Å². The molecule has 4 aliphatic rings. The van der Waals surface area contributed by atoms with E-state index in [9.17, 15) is 8.94 Å². The minimum absolute atomic E-state index is 0.303. The van der Waals surface area contributed by atoms with Gasteiger partial charge < -0.3 is 23.6 Å².